The van der Waals surface area contributed by atoms with Gasteiger partial charge in [-0.2, -0.15) is 18.4 Å². The molecular weight excluding hydrogens is 577 g/mol. The van der Waals surface area contributed by atoms with Gasteiger partial charge in [-0.05, 0) is 61.4 Å². The quantitative estimate of drug-likeness (QED) is 0.252. The molecule has 0 fully saturated rings. The van der Waals surface area contributed by atoms with Gasteiger partial charge in [0.25, 0.3) is 5.91 Å². The molecule has 0 spiro atoms. The summed E-state index contributed by atoms with van der Waals surface area (Å²) in [4.78, 5) is 26.1. The molecule has 2 heterocycles. The van der Waals surface area contributed by atoms with Crippen molar-refractivity contribution < 1.29 is 27.2 Å². The average Bonchev–Trinajstić information content (AvgIpc) is 3.47. The lowest BCUT2D eigenvalue weighted by Crippen LogP contribution is -2.31. The van der Waals surface area contributed by atoms with Crippen molar-refractivity contribution in [2.75, 3.05) is 16.4 Å². The zero-order valence-electron chi connectivity index (χ0n) is 21.9. The number of amides is 2. The molecule has 4 rings (SSSR count). The van der Waals surface area contributed by atoms with E-state index in [1.165, 1.54) is 6.26 Å². The van der Waals surface area contributed by atoms with Gasteiger partial charge in [-0.1, -0.05) is 42.4 Å². The van der Waals surface area contributed by atoms with Crippen LogP contribution in [0.3, 0.4) is 0 Å². The minimum Gasteiger partial charge on any atom is -0.468 e. The number of benzene rings is 2. The van der Waals surface area contributed by atoms with Crippen LogP contribution in [0.15, 0.2) is 87.1 Å². The summed E-state index contributed by atoms with van der Waals surface area (Å²) < 4.78 is 44.9. The van der Waals surface area contributed by atoms with E-state index >= 15 is 0 Å². The van der Waals surface area contributed by atoms with E-state index in [1.807, 2.05) is 19.1 Å². The Morgan fingerprint density at radius 1 is 1.15 bits per heavy atom. The lowest BCUT2D eigenvalue weighted by atomic mass is 9.85. The highest BCUT2D eigenvalue weighted by atomic mass is 35.5. The molecule has 0 unspecified atom stereocenters. The molecule has 0 saturated heterocycles. The van der Waals surface area contributed by atoms with E-state index in [0.717, 1.165) is 41.9 Å². The van der Waals surface area contributed by atoms with Gasteiger partial charge in [0, 0.05) is 11.4 Å². The number of aryl methyl sites for hydroxylation is 1. The van der Waals surface area contributed by atoms with Gasteiger partial charge in [-0.25, -0.2) is 0 Å². The number of anilines is 2. The molecule has 41 heavy (non-hydrogen) atoms. The molecule has 7 nitrogen and oxygen atoms in total. The number of carbonyl (C=O) groups is 2. The largest absolute Gasteiger partial charge is 0.468 e. The fourth-order valence-electron chi connectivity index (χ4n) is 4.21. The summed E-state index contributed by atoms with van der Waals surface area (Å²) in [6, 6.07) is 15.4. The van der Waals surface area contributed by atoms with Crippen LogP contribution in [0.4, 0.5) is 24.5 Å². The first-order chi connectivity index (χ1) is 19.5. The zero-order valence-corrected chi connectivity index (χ0v) is 23.4. The molecular formula is C29H24ClF3N4O3S. The van der Waals surface area contributed by atoms with Gasteiger partial charge < -0.3 is 20.4 Å². The van der Waals surface area contributed by atoms with E-state index in [1.54, 1.807) is 31.2 Å². The molecule has 0 saturated carbocycles. The molecule has 2 amide bonds. The summed E-state index contributed by atoms with van der Waals surface area (Å²) in [7, 11) is 0. The van der Waals surface area contributed by atoms with Crippen LogP contribution in [0.5, 0.6) is 0 Å². The number of alkyl halides is 3. The number of hydrogen-bond donors (Lipinski definition) is 3. The number of rotatable bonds is 8. The maximum Gasteiger partial charge on any atom is 0.416 e. The second-order valence-corrected chi connectivity index (χ2v) is 10.4. The number of thioether (sulfide) groups is 1. The number of halogens is 4. The Labute approximate surface area is 243 Å². The van der Waals surface area contributed by atoms with E-state index in [9.17, 15) is 28.0 Å². The molecule has 0 aliphatic carbocycles. The summed E-state index contributed by atoms with van der Waals surface area (Å²) in [6.07, 6.45) is -2.32. The van der Waals surface area contributed by atoms with Crippen LogP contribution in [0, 0.1) is 11.3 Å². The first-order valence-electron chi connectivity index (χ1n) is 12.4. The first kappa shape index (κ1) is 29.8. The molecule has 3 aromatic rings. The number of carbonyl (C=O) groups excluding carboxylic acids is 2. The molecule has 1 aromatic heterocycles. The highest BCUT2D eigenvalue weighted by Crippen LogP contribution is 2.41. The predicted molar refractivity (Wildman–Crippen MR) is 152 cm³/mol. The number of dihydropyridines is 1. The van der Waals surface area contributed by atoms with Crippen molar-refractivity contribution in [3.8, 4) is 6.07 Å². The maximum atomic E-state index is 13.5. The third-order valence-electron chi connectivity index (χ3n) is 6.26. The Bertz CT molecular complexity index is 1560. The van der Waals surface area contributed by atoms with Gasteiger partial charge in [0.15, 0.2) is 0 Å². The Hall–Kier alpha value is -4.14. The fourth-order valence-corrected chi connectivity index (χ4v) is 5.27. The smallest absolute Gasteiger partial charge is 0.416 e. The van der Waals surface area contributed by atoms with Crippen LogP contribution in [-0.2, 0) is 22.2 Å². The number of nitriles is 1. The van der Waals surface area contributed by atoms with Crippen LogP contribution >= 0.6 is 23.4 Å². The minimum absolute atomic E-state index is 0.0549. The Morgan fingerprint density at radius 3 is 2.49 bits per heavy atom. The third kappa shape index (κ3) is 6.96. The lowest BCUT2D eigenvalue weighted by molar-refractivity contribution is -0.137. The summed E-state index contributed by atoms with van der Waals surface area (Å²) >= 11 is 6.95. The highest BCUT2D eigenvalue weighted by molar-refractivity contribution is 8.03. The predicted octanol–water partition coefficient (Wildman–Crippen LogP) is 7.22. The molecule has 0 bridgehead atoms. The molecule has 1 aliphatic heterocycles. The van der Waals surface area contributed by atoms with Gasteiger partial charge in [-0.3, -0.25) is 9.59 Å². The minimum atomic E-state index is -4.61. The van der Waals surface area contributed by atoms with E-state index in [2.05, 4.69) is 22.0 Å². The number of nitrogens with zero attached hydrogens (tertiary/aromatic N) is 1. The monoisotopic (exact) mass is 600 g/mol. The molecule has 3 N–H and O–H groups in total. The fraction of sp³-hybridized carbons (Fsp3) is 0.207. The van der Waals surface area contributed by atoms with Crippen molar-refractivity contribution in [2.24, 2.45) is 0 Å². The van der Waals surface area contributed by atoms with Crippen molar-refractivity contribution in [3.63, 3.8) is 0 Å². The molecule has 1 atom stereocenters. The molecule has 12 heteroatoms. The number of furan rings is 1. The van der Waals surface area contributed by atoms with Gasteiger partial charge in [-0.15, -0.1) is 0 Å². The van der Waals surface area contributed by atoms with Crippen molar-refractivity contribution >= 4 is 46.6 Å². The highest BCUT2D eigenvalue weighted by Gasteiger charge is 2.37. The Morgan fingerprint density at radius 2 is 1.88 bits per heavy atom. The first-order valence-corrected chi connectivity index (χ1v) is 13.7. The van der Waals surface area contributed by atoms with Crippen molar-refractivity contribution in [2.45, 2.75) is 32.4 Å². The average molecular weight is 601 g/mol. The topological polar surface area (TPSA) is 107 Å². The van der Waals surface area contributed by atoms with Crippen molar-refractivity contribution in [1.29, 1.82) is 5.26 Å². The molecule has 1 aliphatic rings. The van der Waals surface area contributed by atoms with Crippen LogP contribution in [-0.4, -0.2) is 17.6 Å². The number of allylic oxidation sites excluding steroid dienone is 2. The molecule has 212 valence electrons. The van der Waals surface area contributed by atoms with E-state index in [0.29, 0.717) is 22.2 Å². The van der Waals surface area contributed by atoms with Crippen LogP contribution in [0.2, 0.25) is 5.02 Å². The number of hydrogen-bond acceptors (Lipinski definition) is 6. The van der Waals surface area contributed by atoms with E-state index < -0.39 is 29.5 Å². The normalized spacial score (nSPS) is 15.3. The molecule has 0 radical (unpaired) electrons. The third-order valence-corrected chi connectivity index (χ3v) is 7.60. The number of nitrogens with one attached hydrogen (secondary N) is 3. The van der Waals surface area contributed by atoms with Gasteiger partial charge in [0.05, 0.1) is 56.5 Å². The lowest BCUT2D eigenvalue weighted by Gasteiger charge is -2.28. The van der Waals surface area contributed by atoms with Crippen molar-refractivity contribution in [1.82, 2.24) is 5.32 Å². The van der Waals surface area contributed by atoms with Crippen LogP contribution in [0.1, 0.15) is 36.7 Å². The standard InChI is InChI=1S/C29H24ClF3N4O3S/c1-3-17-6-9-19(10-7-17)36-27(39)25-16(2)35-28(20(14-34)26(25)23-5-4-12-40-23)41-15-24(38)37-22-13-18(29(31,32)33)8-11-21(22)30/h4-13,26,35H,3,15H2,1-2H3,(H,36,39)(H,37,38)/t26-/m1/s1. The molecule has 2 aromatic carbocycles. The summed E-state index contributed by atoms with van der Waals surface area (Å²) in [5.74, 6) is -1.85. The summed E-state index contributed by atoms with van der Waals surface area (Å²) in [5.41, 5.74) is 1.40. The van der Waals surface area contributed by atoms with E-state index in [-0.39, 0.29) is 27.6 Å². The van der Waals surface area contributed by atoms with Gasteiger partial charge in [0.2, 0.25) is 5.91 Å². The second kappa shape index (κ2) is 12.6. The van der Waals surface area contributed by atoms with Gasteiger partial charge in [0.1, 0.15) is 5.76 Å². The maximum absolute atomic E-state index is 13.5. The van der Waals surface area contributed by atoms with E-state index in [4.69, 9.17) is 16.0 Å². The van der Waals surface area contributed by atoms with Crippen molar-refractivity contribution in [3.05, 3.63) is 105 Å². The Balaban J connectivity index is 1.56. The SMILES string of the molecule is CCc1ccc(NC(=O)C2=C(C)NC(SCC(=O)Nc3cc(C(F)(F)F)ccc3Cl)=C(C#N)[C@@H]2c2ccco2)cc1. The summed E-state index contributed by atoms with van der Waals surface area (Å²) in [5, 5.41) is 18.7. The van der Waals surface area contributed by atoms with Crippen LogP contribution < -0.4 is 16.0 Å². The van der Waals surface area contributed by atoms with Crippen LogP contribution in [0.25, 0.3) is 0 Å². The summed E-state index contributed by atoms with van der Waals surface area (Å²) in [6.45, 7) is 3.70. The second-order valence-electron chi connectivity index (χ2n) is 9.00. The Kier molecular flexibility index (Phi) is 9.15. The van der Waals surface area contributed by atoms with Gasteiger partial charge >= 0.3 is 6.18 Å². The zero-order chi connectivity index (χ0) is 29.7.